The maximum Gasteiger partial charge on any atom is 0.270 e. The Morgan fingerprint density at radius 2 is 2.06 bits per heavy atom. The molecule has 0 bridgehead atoms. The number of carbonyl (C=O) groups excluding carboxylic acids is 1. The third-order valence-corrected chi connectivity index (χ3v) is 5.15. The van der Waals surface area contributed by atoms with Gasteiger partial charge >= 0.3 is 0 Å². The van der Waals surface area contributed by atoms with Crippen LogP contribution in [-0.2, 0) is 6.54 Å². The number of carbonyl (C=O) groups is 1. The van der Waals surface area contributed by atoms with Gasteiger partial charge in [-0.2, -0.15) is 5.10 Å². The van der Waals surface area contributed by atoms with Crippen molar-refractivity contribution >= 4 is 37.8 Å². The smallest absolute Gasteiger partial charge is 0.270 e. The van der Waals surface area contributed by atoms with Crippen molar-refractivity contribution in [1.29, 1.82) is 0 Å². The van der Waals surface area contributed by atoms with Gasteiger partial charge in [-0.15, -0.1) is 0 Å². The quantitative estimate of drug-likeness (QED) is 0.771. The first kappa shape index (κ1) is 15.7. The lowest BCUT2D eigenvalue weighted by atomic mass is 10.0. The van der Waals surface area contributed by atoms with Gasteiger partial charge in [-0.25, -0.2) is 0 Å². The molecule has 1 heterocycles. The molecule has 1 rings (SSSR count). The predicted molar refractivity (Wildman–Crippen MR) is 80.7 cm³/mol. The number of aryl methyl sites for hydroxylation is 2. The second-order valence-electron chi connectivity index (χ2n) is 4.34. The van der Waals surface area contributed by atoms with Crippen molar-refractivity contribution in [3.05, 3.63) is 17.5 Å². The molecule has 0 atom stereocenters. The monoisotopic (exact) mass is 379 g/mol. The molecular weight excluding hydrogens is 362 g/mol. The normalized spacial score (nSPS) is 11.6. The Hall–Kier alpha value is -0.360. The van der Waals surface area contributed by atoms with Gasteiger partial charge in [0, 0.05) is 17.2 Å². The van der Waals surface area contributed by atoms with Crippen LogP contribution in [0.15, 0.2) is 6.07 Å². The number of nitrogens with one attached hydrogen (secondary N) is 1. The highest BCUT2D eigenvalue weighted by molar-refractivity contribution is 9.09. The van der Waals surface area contributed by atoms with Crippen molar-refractivity contribution in [1.82, 2.24) is 15.1 Å². The first-order valence-corrected chi connectivity index (χ1v) is 8.25. The van der Waals surface area contributed by atoms with Gasteiger partial charge in [0.15, 0.2) is 0 Å². The summed E-state index contributed by atoms with van der Waals surface area (Å²) in [5.41, 5.74) is 1.23. The first-order chi connectivity index (χ1) is 8.51. The lowest BCUT2D eigenvalue weighted by molar-refractivity contribution is 0.0904. The number of hydrogen-bond acceptors (Lipinski definition) is 2. The number of alkyl halides is 2. The zero-order chi connectivity index (χ0) is 13.8. The van der Waals surface area contributed by atoms with Crippen LogP contribution in [0, 0.1) is 6.92 Å². The van der Waals surface area contributed by atoms with Crippen molar-refractivity contribution in [2.24, 2.45) is 0 Å². The van der Waals surface area contributed by atoms with E-state index in [1.165, 1.54) is 0 Å². The molecule has 4 nitrogen and oxygen atoms in total. The molecule has 0 radical (unpaired) electrons. The summed E-state index contributed by atoms with van der Waals surface area (Å²) in [6.07, 6.45) is 0.856. The predicted octanol–water partition coefficient (Wildman–Crippen LogP) is 2.88. The average molecular weight is 381 g/mol. The molecule has 1 N–H and O–H groups in total. The Bertz CT molecular complexity index is 405. The Morgan fingerprint density at radius 3 is 2.50 bits per heavy atom. The van der Waals surface area contributed by atoms with E-state index in [-0.39, 0.29) is 11.4 Å². The van der Waals surface area contributed by atoms with Crippen LogP contribution in [0.1, 0.15) is 36.5 Å². The molecule has 0 aliphatic carbocycles. The van der Waals surface area contributed by atoms with Crippen LogP contribution in [0.3, 0.4) is 0 Å². The second-order valence-corrected chi connectivity index (χ2v) is 5.46. The van der Waals surface area contributed by atoms with Gasteiger partial charge in [0.2, 0.25) is 0 Å². The van der Waals surface area contributed by atoms with Crippen molar-refractivity contribution in [3.63, 3.8) is 0 Å². The van der Waals surface area contributed by atoms with Crippen LogP contribution in [0.4, 0.5) is 0 Å². The molecular formula is C12H19Br2N3O. The van der Waals surface area contributed by atoms with E-state index in [1.54, 1.807) is 4.68 Å². The zero-order valence-electron chi connectivity index (χ0n) is 11.0. The Balaban J connectivity index is 2.93. The molecule has 0 aliphatic rings. The molecule has 0 aromatic carbocycles. The van der Waals surface area contributed by atoms with Crippen molar-refractivity contribution < 1.29 is 4.79 Å². The fourth-order valence-corrected chi connectivity index (χ4v) is 3.66. The minimum Gasteiger partial charge on any atom is -0.344 e. The van der Waals surface area contributed by atoms with Gasteiger partial charge in [-0.05, 0) is 26.3 Å². The van der Waals surface area contributed by atoms with Gasteiger partial charge in [-0.1, -0.05) is 38.8 Å². The number of hydrogen-bond donors (Lipinski definition) is 1. The molecule has 0 aliphatic heterocycles. The molecule has 102 valence electrons. The van der Waals surface area contributed by atoms with E-state index in [0.29, 0.717) is 22.9 Å². The Labute approximate surface area is 125 Å². The van der Waals surface area contributed by atoms with E-state index >= 15 is 0 Å². The molecule has 0 saturated carbocycles. The average Bonchev–Trinajstić information content (AvgIpc) is 2.77. The van der Waals surface area contributed by atoms with Crippen molar-refractivity contribution in [2.75, 3.05) is 10.7 Å². The molecule has 1 aromatic heterocycles. The van der Waals surface area contributed by atoms with Crippen molar-refractivity contribution in [2.45, 2.75) is 39.3 Å². The first-order valence-electron chi connectivity index (χ1n) is 6.00. The minimum absolute atomic E-state index is 0.0711. The summed E-state index contributed by atoms with van der Waals surface area (Å²) in [6.45, 7) is 6.62. The van der Waals surface area contributed by atoms with Crippen LogP contribution in [0.25, 0.3) is 0 Å². The third kappa shape index (κ3) is 3.35. The number of nitrogens with zero attached hydrogens (tertiary/aromatic N) is 2. The summed E-state index contributed by atoms with van der Waals surface area (Å²) >= 11 is 6.94. The van der Waals surface area contributed by atoms with Crippen LogP contribution in [0.2, 0.25) is 0 Å². The highest BCUT2D eigenvalue weighted by Gasteiger charge is 2.29. The fourth-order valence-electron chi connectivity index (χ4n) is 1.65. The summed E-state index contributed by atoms with van der Waals surface area (Å²) in [7, 11) is 0. The molecule has 6 heteroatoms. The highest BCUT2D eigenvalue weighted by Crippen LogP contribution is 2.18. The van der Waals surface area contributed by atoms with E-state index < -0.39 is 0 Å². The highest BCUT2D eigenvalue weighted by atomic mass is 79.9. The largest absolute Gasteiger partial charge is 0.344 e. The lowest BCUT2D eigenvalue weighted by Gasteiger charge is -2.30. The van der Waals surface area contributed by atoms with Crippen LogP contribution in [-0.4, -0.2) is 31.9 Å². The van der Waals surface area contributed by atoms with E-state index in [1.807, 2.05) is 19.9 Å². The van der Waals surface area contributed by atoms with E-state index in [9.17, 15) is 4.79 Å². The molecule has 18 heavy (non-hydrogen) atoms. The van der Waals surface area contributed by atoms with E-state index in [0.717, 1.165) is 12.1 Å². The summed E-state index contributed by atoms with van der Waals surface area (Å²) in [5, 5.41) is 8.81. The zero-order valence-corrected chi connectivity index (χ0v) is 14.1. The van der Waals surface area contributed by atoms with Crippen LogP contribution >= 0.6 is 31.9 Å². The SMILES string of the molecule is CCn1nc(C)cc1C(=O)NC(CC)(CBr)CBr. The summed E-state index contributed by atoms with van der Waals surface area (Å²) in [4.78, 5) is 12.3. The fraction of sp³-hybridized carbons (Fsp3) is 0.667. The molecule has 1 amide bonds. The number of amides is 1. The summed E-state index contributed by atoms with van der Waals surface area (Å²) < 4.78 is 1.73. The van der Waals surface area contributed by atoms with Gasteiger partial charge in [-0.3, -0.25) is 9.48 Å². The third-order valence-electron chi connectivity index (χ3n) is 3.00. The molecule has 1 aromatic rings. The Kier molecular flexibility index (Phi) is 5.85. The molecule has 0 unspecified atom stereocenters. The number of rotatable bonds is 6. The molecule has 0 saturated heterocycles. The van der Waals surface area contributed by atoms with Gasteiger partial charge in [0.05, 0.1) is 11.2 Å². The van der Waals surface area contributed by atoms with Gasteiger partial charge in [0.1, 0.15) is 5.69 Å². The number of halogens is 2. The van der Waals surface area contributed by atoms with Gasteiger partial charge < -0.3 is 5.32 Å². The van der Waals surface area contributed by atoms with Crippen molar-refractivity contribution in [3.8, 4) is 0 Å². The van der Waals surface area contributed by atoms with Gasteiger partial charge in [0.25, 0.3) is 5.91 Å². The maximum atomic E-state index is 12.3. The molecule has 0 spiro atoms. The van der Waals surface area contributed by atoms with E-state index in [2.05, 4.69) is 49.2 Å². The molecule has 0 fully saturated rings. The Morgan fingerprint density at radius 1 is 1.44 bits per heavy atom. The minimum atomic E-state index is -0.256. The maximum absolute atomic E-state index is 12.3. The lowest BCUT2D eigenvalue weighted by Crippen LogP contribution is -2.51. The number of aromatic nitrogens is 2. The second kappa shape index (κ2) is 6.70. The van der Waals surface area contributed by atoms with Crippen LogP contribution < -0.4 is 5.32 Å². The van der Waals surface area contributed by atoms with E-state index in [4.69, 9.17) is 0 Å². The van der Waals surface area contributed by atoms with Crippen LogP contribution in [0.5, 0.6) is 0 Å². The topological polar surface area (TPSA) is 46.9 Å². The summed E-state index contributed by atoms with van der Waals surface area (Å²) in [5.74, 6) is -0.0711. The standard InChI is InChI=1S/C12H19Br2N3O/c1-4-12(7-13,8-14)15-11(18)10-6-9(3)16-17(10)5-2/h6H,4-5,7-8H2,1-3H3,(H,15,18). The summed E-state index contributed by atoms with van der Waals surface area (Å²) in [6, 6.07) is 1.82.